The van der Waals surface area contributed by atoms with Crippen LogP contribution in [-0.4, -0.2) is 17.4 Å². The van der Waals surface area contributed by atoms with Gasteiger partial charge in [0, 0.05) is 23.3 Å². The molecule has 0 N–H and O–H groups in total. The van der Waals surface area contributed by atoms with E-state index in [1.165, 1.54) is 0 Å². The van der Waals surface area contributed by atoms with Gasteiger partial charge in [-0.25, -0.2) is 0 Å². The van der Waals surface area contributed by atoms with Crippen LogP contribution >= 0.6 is 23.2 Å². The van der Waals surface area contributed by atoms with Crippen molar-refractivity contribution in [3.05, 3.63) is 57.8 Å². The second-order valence-corrected chi connectivity index (χ2v) is 5.18. The Morgan fingerprint density at radius 2 is 2.05 bits per heavy atom. The number of nitrogens with zero attached hydrogens (tertiary/aromatic N) is 2. The maximum absolute atomic E-state index is 12.5. The van der Waals surface area contributed by atoms with Crippen molar-refractivity contribution < 1.29 is 4.79 Å². The number of benzene rings is 1. The monoisotopic (exact) mass is 292 g/mol. The Labute approximate surface area is 120 Å². The lowest BCUT2D eigenvalue weighted by Crippen LogP contribution is -2.37. The Morgan fingerprint density at radius 1 is 1.21 bits per heavy atom. The van der Waals surface area contributed by atoms with Crippen LogP contribution in [0.5, 0.6) is 0 Å². The summed E-state index contributed by atoms with van der Waals surface area (Å²) in [5.74, 6) is -0.0622. The Bertz CT molecular complexity index is 658. The highest BCUT2D eigenvalue weighted by Crippen LogP contribution is 2.30. The highest BCUT2D eigenvalue weighted by molar-refractivity contribution is 6.34. The number of carbonyl (C=O) groups excluding carboxylic acids is 1. The van der Waals surface area contributed by atoms with Gasteiger partial charge in [0.25, 0.3) is 5.91 Å². The normalized spacial score (nSPS) is 14.4. The lowest BCUT2D eigenvalue weighted by Gasteiger charge is -2.29. The summed E-state index contributed by atoms with van der Waals surface area (Å²) in [6.45, 7) is 0.581. The second kappa shape index (κ2) is 4.83. The molecule has 19 heavy (non-hydrogen) atoms. The van der Waals surface area contributed by atoms with E-state index < -0.39 is 0 Å². The van der Waals surface area contributed by atoms with Gasteiger partial charge < -0.3 is 4.90 Å². The molecule has 1 aromatic carbocycles. The minimum Gasteiger partial charge on any atom is -0.305 e. The number of carbonyl (C=O) groups is 1. The molecule has 0 fully saturated rings. The average molecular weight is 293 g/mol. The molecule has 3 rings (SSSR count). The van der Waals surface area contributed by atoms with Gasteiger partial charge in [0.05, 0.1) is 16.9 Å². The van der Waals surface area contributed by atoms with Gasteiger partial charge >= 0.3 is 0 Å². The predicted molar refractivity (Wildman–Crippen MR) is 76.1 cm³/mol. The molecule has 96 valence electrons. The molecule has 0 atom stereocenters. The van der Waals surface area contributed by atoms with E-state index in [0.717, 1.165) is 12.0 Å². The third-order valence-electron chi connectivity index (χ3n) is 3.19. The number of aromatic nitrogens is 1. The van der Waals surface area contributed by atoms with E-state index in [1.807, 2.05) is 6.07 Å². The van der Waals surface area contributed by atoms with Gasteiger partial charge in [0.1, 0.15) is 0 Å². The van der Waals surface area contributed by atoms with Crippen LogP contribution in [0, 0.1) is 0 Å². The van der Waals surface area contributed by atoms with Gasteiger partial charge in [-0.15, -0.1) is 0 Å². The van der Waals surface area contributed by atoms with Crippen molar-refractivity contribution in [2.45, 2.75) is 6.42 Å². The van der Waals surface area contributed by atoms with Gasteiger partial charge in [-0.3, -0.25) is 9.78 Å². The molecule has 0 saturated heterocycles. The molecule has 0 unspecified atom stereocenters. The largest absolute Gasteiger partial charge is 0.305 e. The number of fused-ring (bicyclic) bond motifs is 1. The Balaban J connectivity index is 2.03. The first-order valence-electron chi connectivity index (χ1n) is 5.86. The molecule has 2 aromatic rings. The fourth-order valence-corrected chi connectivity index (χ4v) is 2.66. The van der Waals surface area contributed by atoms with Crippen LogP contribution in [0.15, 0.2) is 36.7 Å². The van der Waals surface area contributed by atoms with Gasteiger partial charge in [-0.05, 0) is 36.2 Å². The molecular weight excluding hydrogens is 283 g/mol. The number of amides is 1. The van der Waals surface area contributed by atoms with Crippen molar-refractivity contribution in [1.29, 1.82) is 0 Å². The molecule has 1 aliphatic heterocycles. The minimum absolute atomic E-state index is 0.0622. The highest BCUT2D eigenvalue weighted by atomic mass is 35.5. The predicted octanol–water partition coefficient (Wildman–Crippen LogP) is 3.59. The smallest absolute Gasteiger partial charge is 0.258 e. The van der Waals surface area contributed by atoms with Crippen molar-refractivity contribution >= 4 is 34.8 Å². The summed E-state index contributed by atoms with van der Waals surface area (Å²) in [7, 11) is 0. The SMILES string of the molecule is O=C1c2ccc(Cl)cc2CCN1c1cnccc1Cl. The standard InChI is InChI=1S/C14H10Cl2N2O/c15-10-1-2-11-9(7-10)4-6-18(14(11)19)13-8-17-5-3-12(13)16/h1-3,5,7-8H,4,6H2. The fourth-order valence-electron chi connectivity index (χ4n) is 2.25. The Kier molecular flexibility index (Phi) is 3.17. The van der Waals surface area contributed by atoms with Crippen molar-refractivity contribution in [3.8, 4) is 0 Å². The summed E-state index contributed by atoms with van der Waals surface area (Å²) in [4.78, 5) is 18.2. The summed E-state index contributed by atoms with van der Waals surface area (Å²) < 4.78 is 0. The number of hydrogen-bond acceptors (Lipinski definition) is 2. The first-order valence-corrected chi connectivity index (χ1v) is 6.62. The average Bonchev–Trinajstić information content (AvgIpc) is 2.40. The molecule has 1 aliphatic rings. The molecule has 1 aromatic heterocycles. The number of halogens is 2. The zero-order valence-electron chi connectivity index (χ0n) is 9.94. The summed E-state index contributed by atoms with van der Waals surface area (Å²) >= 11 is 12.1. The van der Waals surface area contributed by atoms with Crippen molar-refractivity contribution in [2.24, 2.45) is 0 Å². The van der Waals surface area contributed by atoms with Gasteiger partial charge in [-0.2, -0.15) is 0 Å². The molecule has 0 saturated carbocycles. The fraction of sp³-hybridized carbons (Fsp3) is 0.143. The number of hydrogen-bond donors (Lipinski definition) is 0. The second-order valence-electron chi connectivity index (χ2n) is 4.34. The van der Waals surface area contributed by atoms with E-state index in [2.05, 4.69) is 4.98 Å². The molecule has 3 nitrogen and oxygen atoms in total. The summed E-state index contributed by atoms with van der Waals surface area (Å²) in [5.41, 5.74) is 2.30. The Morgan fingerprint density at radius 3 is 2.84 bits per heavy atom. The van der Waals surface area contributed by atoms with Crippen molar-refractivity contribution in [3.63, 3.8) is 0 Å². The summed E-state index contributed by atoms with van der Waals surface area (Å²) in [6.07, 6.45) is 3.97. The lowest BCUT2D eigenvalue weighted by atomic mass is 9.99. The van der Waals surface area contributed by atoms with E-state index in [9.17, 15) is 4.79 Å². The molecule has 0 aliphatic carbocycles. The maximum atomic E-state index is 12.5. The zero-order valence-corrected chi connectivity index (χ0v) is 11.4. The topological polar surface area (TPSA) is 33.2 Å². The van der Waals surface area contributed by atoms with Crippen LogP contribution in [0.25, 0.3) is 0 Å². The van der Waals surface area contributed by atoms with Crippen LogP contribution in [-0.2, 0) is 6.42 Å². The summed E-state index contributed by atoms with van der Waals surface area (Å²) in [6, 6.07) is 7.02. The van der Waals surface area contributed by atoms with Crippen LogP contribution in [0.1, 0.15) is 15.9 Å². The molecule has 2 heterocycles. The van der Waals surface area contributed by atoms with Gasteiger partial charge in [-0.1, -0.05) is 23.2 Å². The lowest BCUT2D eigenvalue weighted by molar-refractivity contribution is 0.0980. The van der Waals surface area contributed by atoms with Crippen molar-refractivity contribution in [2.75, 3.05) is 11.4 Å². The van der Waals surface area contributed by atoms with E-state index >= 15 is 0 Å². The molecule has 1 amide bonds. The number of pyridine rings is 1. The number of anilines is 1. The first-order chi connectivity index (χ1) is 9.16. The van der Waals surface area contributed by atoms with E-state index in [4.69, 9.17) is 23.2 Å². The first kappa shape index (κ1) is 12.5. The third kappa shape index (κ3) is 2.20. The van der Waals surface area contributed by atoms with Crippen LogP contribution < -0.4 is 4.90 Å². The van der Waals surface area contributed by atoms with Gasteiger partial charge in [0.15, 0.2) is 0 Å². The van der Waals surface area contributed by atoms with E-state index in [0.29, 0.717) is 27.8 Å². The molecule has 0 radical (unpaired) electrons. The van der Waals surface area contributed by atoms with E-state index in [1.54, 1.807) is 35.5 Å². The quantitative estimate of drug-likeness (QED) is 0.805. The maximum Gasteiger partial charge on any atom is 0.258 e. The Hall–Kier alpha value is -1.58. The minimum atomic E-state index is -0.0622. The van der Waals surface area contributed by atoms with Crippen LogP contribution in [0.3, 0.4) is 0 Å². The molecular formula is C14H10Cl2N2O. The van der Waals surface area contributed by atoms with E-state index in [-0.39, 0.29) is 5.91 Å². The van der Waals surface area contributed by atoms with Crippen LogP contribution in [0.4, 0.5) is 5.69 Å². The number of rotatable bonds is 1. The van der Waals surface area contributed by atoms with Crippen LogP contribution in [0.2, 0.25) is 10.0 Å². The highest BCUT2D eigenvalue weighted by Gasteiger charge is 2.26. The third-order valence-corrected chi connectivity index (χ3v) is 3.74. The van der Waals surface area contributed by atoms with Gasteiger partial charge in [0.2, 0.25) is 0 Å². The molecule has 0 spiro atoms. The molecule has 0 bridgehead atoms. The van der Waals surface area contributed by atoms with Crippen molar-refractivity contribution in [1.82, 2.24) is 4.98 Å². The zero-order chi connectivity index (χ0) is 13.4. The summed E-state index contributed by atoms with van der Waals surface area (Å²) in [5, 5.41) is 1.18. The molecule has 5 heteroatoms.